The predicted molar refractivity (Wildman–Crippen MR) is 118 cm³/mol. The summed E-state index contributed by atoms with van der Waals surface area (Å²) in [5.74, 6) is -0.765. The fourth-order valence-corrected chi connectivity index (χ4v) is 5.75. The predicted octanol–water partition coefficient (Wildman–Crippen LogP) is 3.55. The van der Waals surface area contributed by atoms with Crippen LogP contribution in [0.4, 0.5) is 0 Å². The minimum absolute atomic E-state index is 0.00529. The molecule has 182 valence electrons. The molecule has 11 nitrogen and oxygen atoms in total. The quantitative estimate of drug-likeness (QED) is 0.315. The number of ether oxygens (including phenoxy) is 2. The molecule has 0 bridgehead atoms. The van der Waals surface area contributed by atoms with Gasteiger partial charge < -0.3 is 9.47 Å². The summed E-state index contributed by atoms with van der Waals surface area (Å²) in [5, 5.41) is 0. The fraction of sp³-hybridized carbons (Fsp3) is 0.700. The van der Waals surface area contributed by atoms with Crippen molar-refractivity contribution < 1.29 is 32.4 Å². The number of carbonyl (C=O) groups is 1. The molecule has 0 aromatic carbocycles. The van der Waals surface area contributed by atoms with Crippen molar-refractivity contribution in [3.63, 3.8) is 0 Å². The first-order chi connectivity index (χ1) is 15.5. The number of carbonyl (C=O) groups excluding carboxylic acids is 1. The maximum absolute atomic E-state index is 13.1. The fourth-order valence-electron chi connectivity index (χ4n) is 3.86. The molecule has 0 aliphatic carbocycles. The van der Waals surface area contributed by atoms with Crippen LogP contribution in [0.3, 0.4) is 0 Å². The van der Waals surface area contributed by atoms with Gasteiger partial charge in [-0.3, -0.25) is 22.9 Å². The van der Waals surface area contributed by atoms with Crippen LogP contribution in [0.5, 0.6) is 0 Å². The van der Waals surface area contributed by atoms with Crippen molar-refractivity contribution in [1.29, 1.82) is 0 Å². The van der Waals surface area contributed by atoms with E-state index in [0.29, 0.717) is 17.6 Å². The Hall–Kier alpha value is -1.62. The van der Waals surface area contributed by atoms with E-state index in [2.05, 4.69) is 15.0 Å². The molecule has 2 aliphatic rings. The van der Waals surface area contributed by atoms with Gasteiger partial charge in [0.25, 0.3) is 0 Å². The number of esters is 1. The average molecular weight is 503 g/mol. The van der Waals surface area contributed by atoms with Gasteiger partial charge in [-0.25, -0.2) is 19.5 Å². The number of phosphoric acid groups is 1. The zero-order valence-electron chi connectivity index (χ0n) is 19.1. The summed E-state index contributed by atoms with van der Waals surface area (Å²) in [6, 6.07) is 0. The van der Waals surface area contributed by atoms with Crippen LogP contribution in [0.2, 0.25) is 0 Å². The van der Waals surface area contributed by atoms with E-state index in [4.69, 9.17) is 34.6 Å². The topological polar surface area (TPSA) is 124 Å². The first-order valence-electron chi connectivity index (χ1n) is 10.8. The third-order valence-electron chi connectivity index (χ3n) is 5.67. The molecular formula is C20H28ClN4O7P. The van der Waals surface area contributed by atoms with Crippen molar-refractivity contribution in [2.75, 3.05) is 13.2 Å². The van der Waals surface area contributed by atoms with E-state index in [1.54, 1.807) is 38.6 Å². The Bertz CT molecular complexity index is 1080. The van der Waals surface area contributed by atoms with Crippen LogP contribution in [0.1, 0.15) is 46.0 Å². The van der Waals surface area contributed by atoms with Crippen LogP contribution < -0.4 is 0 Å². The lowest BCUT2D eigenvalue weighted by molar-refractivity contribution is -0.152. The lowest BCUT2D eigenvalue weighted by Crippen LogP contribution is -2.44. The lowest BCUT2D eigenvalue weighted by Gasteiger charge is -2.34. The second kappa shape index (κ2) is 9.20. The van der Waals surface area contributed by atoms with Crippen LogP contribution in [0.15, 0.2) is 12.7 Å². The average Bonchev–Trinajstić information content (AvgIpc) is 3.27. The van der Waals surface area contributed by atoms with Gasteiger partial charge in [-0.1, -0.05) is 6.92 Å². The maximum Gasteiger partial charge on any atom is 0.475 e. The number of hydrogen-bond donors (Lipinski definition) is 0. The second-order valence-corrected chi connectivity index (χ2v) is 11.2. The summed E-state index contributed by atoms with van der Waals surface area (Å²) in [7, 11) is -3.90. The van der Waals surface area contributed by atoms with Gasteiger partial charge in [-0.2, -0.15) is 0 Å². The molecule has 2 saturated heterocycles. The van der Waals surface area contributed by atoms with E-state index in [-0.39, 0.29) is 25.3 Å². The Morgan fingerprint density at radius 1 is 1.36 bits per heavy atom. The highest BCUT2D eigenvalue weighted by molar-refractivity contribution is 7.48. The van der Waals surface area contributed by atoms with Crippen molar-refractivity contribution >= 4 is 36.6 Å². The molecule has 2 aromatic rings. The van der Waals surface area contributed by atoms with Crippen LogP contribution in [0.25, 0.3) is 11.2 Å². The zero-order chi connectivity index (χ0) is 24.0. The van der Waals surface area contributed by atoms with Gasteiger partial charge in [0.05, 0.1) is 37.3 Å². The van der Waals surface area contributed by atoms with Crippen molar-refractivity contribution in [1.82, 2.24) is 19.5 Å². The first-order valence-corrected chi connectivity index (χ1v) is 12.6. The van der Waals surface area contributed by atoms with E-state index >= 15 is 0 Å². The van der Waals surface area contributed by atoms with Gasteiger partial charge in [0.15, 0.2) is 11.9 Å². The second-order valence-electron chi connectivity index (χ2n) is 8.74. The SMILES string of the molecule is Cc1ncnc2c1ncn2[C@@H]1O[C@@H]2CO[P@](=O)(OCC[C@H](C)C(=O)OC(C)C)O[C@H]2[C@@]1(C)Cl. The number of fused-ring (bicyclic) bond motifs is 2. The van der Waals surface area contributed by atoms with Crippen molar-refractivity contribution in [2.45, 2.75) is 70.5 Å². The van der Waals surface area contributed by atoms with E-state index in [1.165, 1.54) is 6.33 Å². The molecule has 2 aliphatic heterocycles. The highest BCUT2D eigenvalue weighted by Crippen LogP contribution is 2.60. The normalized spacial score (nSPS) is 32.8. The van der Waals surface area contributed by atoms with Crippen molar-refractivity contribution in [2.24, 2.45) is 5.92 Å². The molecule has 0 spiro atoms. The zero-order valence-corrected chi connectivity index (χ0v) is 20.8. The molecule has 2 aromatic heterocycles. The summed E-state index contributed by atoms with van der Waals surface area (Å²) >= 11 is 6.91. The van der Waals surface area contributed by atoms with E-state index < -0.39 is 37.1 Å². The summed E-state index contributed by atoms with van der Waals surface area (Å²) in [6.45, 7) is 8.82. The Kier molecular flexibility index (Phi) is 6.83. The van der Waals surface area contributed by atoms with Gasteiger partial charge in [-0.05, 0) is 34.1 Å². The maximum atomic E-state index is 13.1. The number of imidazole rings is 1. The van der Waals surface area contributed by atoms with Gasteiger partial charge in [0.2, 0.25) is 0 Å². The van der Waals surface area contributed by atoms with Crippen LogP contribution in [-0.2, 0) is 32.4 Å². The molecule has 2 fully saturated rings. The Balaban J connectivity index is 1.43. The van der Waals surface area contributed by atoms with Crippen LogP contribution in [0, 0.1) is 12.8 Å². The van der Waals surface area contributed by atoms with Gasteiger partial charge in [0.1, 0.15) is 28.9 Å². The summed E-state index contributed by atoms with van der Waals surface area (Å²) in [4.78, 5) is 23.7. The Labute approximate surface area is 196 Å². The standard InChI is InChI=1S/C20H28ClN4O7P/c1-11(2)30-18(26)12(3)6-7-28-33(27)29-8-14-16(32-33)20(5,21)19(31-14)25-10-24-15-13(4)22-9-23-17(15)25/h9-12,14,16,19H,6-8H2,1-5H3/t12-,14+,16+,19+,20+,33-/m0/s1. The molecule has 4 rings (SSSR count). The molecule has 0 N–H and O–H groups in total. The summed E-state index contributed by atoms with van der Waals surface area (Å²) in [5.41, 5.74) is 1.94. The number of aryl methyl sites for hydroxylation is 1. The molecule has 0 unspecified atom stereocenters. The molecule has 13 heteroatoms. The van der Waals surface area contributed by atoms with E-state index in [0.717, 1.165) is 5.69 Å². The molecule has 0 radical (unpaired) electrons. The first kappa shape index (κ1) is 24.5. The molecule has 0 saturated carbocycles. The number of halogens is 1. The molecule has 0 amide bonds. The number of aromatic nitrogens is 4. The van der Waals surface area contributed by atoms with Gasteiger partial charge in [-0.15, -0.1) is 11.6 Å². The highest BCUT2D eigenvalue weighted by Gasteiger charge is 2.60. The number of hydrogen-bond acceptors (Lipinski definition) is 10. The molecule has 4 heterocycles. The van der Waals surface area contributed by atoms with Gasteiger partial charge >= 0.3 is 13.8 Å². The number of alkyl halides is 1. The largest absolute Gasteiger partial charge is 0.475 e. The van der Waals surface area contributed by atoms with Crippen LogP contribution >= 0.6 is 19.4 Å². The molecule has 6 atom stereocenters. The minimum Gasteiger partial charge on any atom is -0.463 e. The van der Waals surface area contributed by atoms with Crippen molar-refractivity contribution in [3.05, 3.63) is 18.3 Å². The monoisotopic (exact) mass is 502 g/mol. The number of phosphoric ester groups is 1. The molecule has 33 heavy (non-hydrogen) atoms. The van der Waals surface area contributed by atoms with Crippen LogP contribution in [-0.4, -0.2) is 61.9 Å². The number of nitrogens with zero attached hydrogens (tertiary/aromatic N) is 4. The minimum atomic E-state index is -3.90. The third-order valence-corrected chi connectivity index (χ3v) is 7.52. The highest BCUT2D eigenvalue weighted by atomic mass is 35.5. The summed E-state index contributed by atoms with van der Waals surface area (Å²) in [6.07, 6.45) is 1.09. The molecular weight excluding hydrogens is 475 g/mol. The Morgan fingerprint density at radius 2 is 2.12 bits per heavy atom. The van der Waals surface area contributed by atoms with Crippen molar-refractivity contribution in [3.8, 4) is 0 Å². The summed E-state index contributed by atoms with van der Waals surface area (Å²) < 4.78 is 42.7. The van der Waals surface area contributed by atoms with Gasteiger partial charge in [0, 0.05) is 0 Å². The smallest absolute Gasteiger partial charge is 0.463 e. The van der Waals surface area contributed by atoms with E-state index in [1.807, 2.05) is 6.92 Å². The Morgan fingerprint density at radius 3 is 2.85 bits per heavy atom. The lowest BCUT2D eigenvalue weighted by atomic mass is 10.0. The van der Waals surface area contributed by atoms with E-state index in [9.17, 15) is 9.36 Å². The number of rotatable bonds is 7. The third kappa shape index (κ3) is 4.80.